The lowest BCUT2D eigenvalue weighted by Gasteiger charge is -2.05. The molecule has 0 unspecified atom stereocenters. The molecule has 0 saturated carbocycles. The van der Waals surface area contributed by atoms with Crippen LogP contribution in [-0.2, 0) is 13.2 Å². The molecule has 0 spiro atoms. The first-order chi connectivity index (χ1) is 12.7. The van der Waals surface area contributed by atoms with Crippen molar-refractivity contribution in [3.05, 3.63) is 46.6 Å². The number of rotatable bonds is 4. The van der Waals surface area contributed by atoms with Crippen molar-refractivity contribution in [1.29, 1.82) is 0 Å². The molecule has 0 radical (unpaired) electrons. The summed E-state index contributed by atoms with van der Waals surface area (Å²) in [5, 5.41) is 5.97. The average Bonchev–Trinajstić information content (AvgIpc) is 3.17. The molecule has 0 aliphatic rings. The molecule has 0 atom stereocenters. The lowest BCUT2D eigenvalue weighted by atomic mass is 10.1. The van der Waals surface area contributed by atoms with Crippen molar-refractivity contribution in [3.63, 3.8) is 0 Å². The SMILES string of the molecule is COc1ccc(-c2nc(NC(=O)c3cn(C)nc3C(F)(F)F)sc2C)cc1. The number of benzene rings is 1. The molecule has 0 bridgehead atoms. The number of carbonyl (C=O) groups is 1. The van der Waals surface area contributed by atoms with Crippen LogP contribution in [0.4, 0.5) is 18.3 Å². The number of ether oxygens (including phenoxy) is 1. The number of aryl methyl sites for hydroxylation is 2. The first-order valence-electron chi connectivity index (χ1n) is 7.73. The van der Waals surface area contributed by atoms with Gasteiger partial charge in [0, 0.05) is 23.7 Å². The Bertz CT molecular complexity index is 977. The van der Waals surface area contributed by atoms with Crippen LogP contribution in [0.3, 0.4) is 0 Å². The van der Waals surface area contributed by atoms with Crippen molar-refractivity contribution in [2.24, 2.45) is 7.05 Å². The Kier molecular flexibility index (Phi) is 4.92. The number of anilines is 1. The molecule has 142 valence electrons. The number of halogens is 3. The van der Waals surface area contributed by atoms with Gasteiger partial charge in [0.05, 0.1) is 18.4 Å². The van der Waals surface area contributed by atoms with Gasteiger partial charge in [-0.1, -0.05) is 0 Å². The highest BCUT2D eigenvalue weighted by Crippen LogP contribution is 2.33. The van der Waals surface area contributed by atoms with Gasteiger partial charge in [0.15, 0.2) is 10.8 Å². The van der Waals surface area contributed by atoms with Crippen molar-refractivity contribution in [2.75, 3.05) is 12.4 Å². The number of hydrogen-bond acceptors (Lipinski definition) is 5. The molecule has 0 aliphatic carbocycles. The molecular formula is C17H15F3N4O2S. The second-order valence-corrected chi connectivity index (χ2v) is 6.87. The van der Waals surface area contributed by atoms with Crippen LogP contribution in [0.2, 0.25) is 0 Å². The van der Waals surface area contributed by atoms with Gasteiger partial charge in [0.25, 0.3) is 5.91 Å². The third-order valence-electron chi connectivity index (χ3n) is 3.72. The fourth-order valence-corrected chi connectivity index (χ4v) is 3.33. The average molecular weight is 396 g/mol. The summed E-state index contributed by atoms with van der Waals surface area (Å²) in [6, 6.07) is 7.18. The molecule has 0 fully saturated rings. The molecule has 1 amide bonds. The van der Waals surface area contributed by atoms with E-state index in [2.05, 4.69) is 15.4 Å². The van der Waals surface area contributed by atoms with E-state index in [1.807, 2.05) is 19.1 Å². The highest BCUT2D eigenvalue weighted by Gasteiger charge is 2.39. The van der Waals surface area contributed by atoms with Crippen LogP contribution < -0.4 is 10.1 Å². The molecule has 2 aromatic heterocycles. The first-order valence-corrected chi connectivity index (χ1v) is 8.54. The number of alkyl halides is 3. The van der Waals surface area contributed by atoms with Gasteiger partial charge in [-0.05, 0) is 31.2 Å². The fraction of sp³-hybridized carbons (Fsp3) is 0.235. The molecule has 1 aromatic carbocycles. The molecular weight excluding hydrogens is 381 g/mol. The zero-order valence-corrected chi connectivity index (χ0v) is 15.4. The van der Waals surface area contributed by atoms with Gasteiger partial charge in [0.2, 0.25) is 0 Å². The maximum absolute atomic E-state index is 13.0. The van der Waals surface area contributed by atoms with E-state index in [9.17, 15) is 18.0 Å². The van der Waals surface area contributed by atoms with Gasteiger partial charge in [-0.3, -0.25) is 14.8 Å². The number of nitrogens with zero attached hydrogens (tertiary/aromatic N) is 3. The Balaban J connectivity index is 1.86. The Hall–Kier alpha value is -2.88. The van der Waals surface area contributed by atoms with Crippen LogP contribution in [0.25, 0.3) is 11.3 Å². The van der Waals surface area contributed by atoms with Crippen LogP contribution >= 0.6 is 11.3 Å². The Morgan fingerprint density at radius 1 is 1.26 bits per heavy atom. The standard InChI is InChI=1S/C17H15F3N4O2S/c1-9-13(10-4-6-11(26-3)7-5-10)21-16(27-9)22-15(25)12-8-24(2)23-14(12)17(18,19)20/h4-8H,1-3H3,(H,21,22,25). The summed E-state index contributed by atoms with van der Waals surface area (Å²) in [6.45, 7) is 1.82. The minimum Gasteiger partial charge on any atom is -0.497 e. The Morgan fingerprint density at radius 3 is 2.52 bits per heavy atom. The summed E-state index contributed by atoms with van der Waals surface area (Å²) >= 11 is 1.18. The van der Waals surface area contributed by atoms with Gasteiger partial charge in [-0.15, -0.1) is 11.3 Å². The summed E-state index contributed by atoms with van der Waals surface area (Å²) in [5.41, 5.74) is -0.336. The van der Waals surface area contributed by atoms with Crippen LogP contribution in [0.5, 0.6) is 5.75 Å². The van der Waals surface area contributed by atoms with E-state index >= 15 is 0 Å². The summed E-state index contributed by atoms with van der Waals surface area (Å²) in [4.78, 5) is 17.5. The van der Waals surface area contributed by atoms with Crippen molar-refractivity contribution < 1.29 is 22.7 Å². The van der Waals surface area contributed by atoms with E-state index in [-0.39, 0.29) is 5.13 Å². The van der Waals surface area contributed by atoms with Gasteiger partial charge < -0.3 is 4.74 Å². The fourth-order valence-electron chi connectivity index (χ4n) is 2.50. The molecule has 3 aromatic rings. The van der Waals surface area contributed by atoms with Crippen LogP contribution in [0, 0.1) is 6.92 Å². The molecule has 3 rings (SSSR count). The van der Waals surface area contributed by atoms with E-state index in [4.69, 9.17) is 4.74 Å². The third kappa shape index (κ3) is 3.95. The molecule has 27 heavy (non-hydrogen) atoms. The summed E-state index contributed by atoms with van der Waals surface area (Å²) in [6.07, 6.45) is -3.69. The second-order valence-electron chi connectivity index (χ2n) is 5.67. The lowest BCUT2D eigenvalue weighted by Crippen LogP contribution is -2.17. The zero-order valence-electron chi connectivity index (χ0n) is 14.6. The normalized spacial score (nSPS) is 11.5. The highest BCUT2D eigenvalue weighted by molar-refractivity contribution is 7.16. The van der Waals surface area contributed by atoms with Crippen LogP contribution in [0.1, 0.15) is 20.9 Å². The molecule has 0 aliphatic heterocycles. The minimum atomic E-state index is -4.72. The molecule has 0 saturated heterocycles. The van der Waals surface area contributed by atoms with E-state index < -0.39 is 23.3 Å². The van der Waals surface area contributed by atoms with Crippen molar-refractivity contribution >= 4 is 22.4 Å². The number of thiazole rings is 1. The maximum Gasteiger partial charge on any atom is 0.435 e. The summed E-state index contributed by atoms with van der Waals surface area (Å²) in [7, 11) is 2.88. The van der Waals surface area contributed by atoms with Crippen LogP contribution in [0.15, 0.2) is 30.5 Å². The van der Waals surface area contributed by atoms with Crippen molar-refractivity contribution in [3.8, 4) is 17.0 Å². The number of nitrogens with one attached hydrogen (secondary N) is 1. The monoisotopic (exact) mass is 396 g/mol. The molecule has 10 heteroatoms. The van der Waals surface area contributed by atoms with Crippen molar-refractivity contribution in [2.45, 2.75) is 13.1 Å². The van der Waals surface area contributed by atoms with Gasteiger partial charge >= 0.3 is 6.18 Å². The smallest absolute Gasteiger partial charge is 0.435 e. The molecule has 6 nitrogen and oxygen atoms in total. The number of carbonyl (C=O) groups excluding carboxylic acids is 1. The molecule has 2 heterocycles. The number of hydrogen-bond donors (Lipinski definition) is 1. The van der Waals surface area contributed by atoms with E-state index in [1.165, 1.54) is 18.4 Å². The lowest BCUT2D eigenvalue weighted by molar-refractivity contribution is -0.141. The van der Waals surface area contributed by atoms with E-state index in [0.717, 1.165) is 21.3 Å². The minimum absolute atomic E-state index is 0.209. The maximum atomic E-state index is 13.0. The summed E-state index contributed by atoms with van der Waals surface area (Å²) in [5.74, 6) is -0.220. The van der Waals surface area contributed by atoms with Crippen molar-refractivity contribution in [1.82, 2.24) is 14.8 Å². The van der Waals surface area contributed by atoms with Gasteiger partial charge in [-0.25, -0.2) is 4.98 Å². The zero-order chi connectivity index (χ0) is 19.8. The third-order valence-corrected chi connectivity index (χ3v) is 4.61. The summed E-state index contributed by atoms with van der Waals surface area (Å²) < 4.78 is 45.2. The number of methoxy groups -OCH3 is 1. The Labute approximate surface area is 156 Å². The van der Waals surface area contributed by atoms with Gasteiger partial charge in [-0.2, -0.15) is 18.3 Å². The number of aromatic nitrogens is 3. The highest BCUT2D eigenvalue weighted by atomic mass is 32.1. The van der Waals surface area contributed by atoms with E-state index in [1.54, 1.807) is 19.2 Å². The number of amides is 1. The topological polar surface area (TPSA) is 69.0 Å². The largest absolute Gasteiger partial charge is 0.497 e. The predicted molar refractivity (Wildman–Crippen MR) is 95.0 cm³/mol. The van der Waals surface area contributed by atoms with Crippen LogP contribution in [-0.4, -0.2) is 27.8 Å². The first kappa shape index (κ1) is 18.9. The Morgan fingerprint density at radius 2 is 1.93 bits per heavy atom. The second kappa shape index (κ2) is 7.03. The van der Waals surface area contributed by atoms with Gasteiger partial charge in [0.1, 0.15) is 5.75 Å². The predicted octanol–water partition coefficient (Wildman–Crippen LogP) is 4.13. The molecule has 1 N–H and O–H groups in total. The quantitative estimate of drug-likeness (QED) is 0.720. The van der Waals surface area contributed by atoms with E-state index in [0.29, 0.717) is 11.4 Å².